The monoisotopic (exact) mass is 541 g/mol. The molecule has 0 spiro atoms. The number of ether oxygens (including phenoxy) is 2. The third-order valence-electron chi connectivity index (χ3n) is 7.08. The van der Waals surface area contributed by atoms with Crippen molar-refractivity contribution in [2.45, 2.75) is 6.61 Å². The average Bonchev–Trinajstić information content (AvgIpc) is 3.64. The van der Waals surface area contributed by atoms with Gasteiger partial charge in [0.15, 0.2) is 0 Å². The summed E-state index contributed by atoms with van der Waals surface area (Å²) in [5.74, 6) is 0.771. The highest BCUT2D eigenvalue weighted by Crippen LogP contribution is 2.36. The van der Waals surface area contributed by atoms with Crippen LogP contribution in [0.3, 0.4) is 0 Å². The summed E-state index contributed by atoms with van der Waals surface area (Å²) in [6, 6.07) is 24.8. The Labute approximate surface area is 234 Å². The van der Waals surface area contributed by atoms with E-state index >= 15 is 0 Å². The fraction of sp³-hybridized carbons (Fsp3) is 0.0606. The van der Waals surface area contributed by atoms with Gasteiger partial charge in [-0.15, -0.1) is 0 Å². The Balaban J connectivity index is 1.24. The van der Waals surface area contributed by atoms with E-state index in [0.717, 1.165) is 55.4 Å². The third kappa shape index (κ3) is 4.76. The second-order valence-electron chi connectivity index (χ2n) is 9.73. The Bertz CT molecular complexity index is 2020. The van der Waals surface area contributed by atoms with Gasteiger partial charge in [-0.1, -0.05) is 36.4 Å². The first-order chi connectivity index (χ1) is 20.1. The minimum Gasteiger partial charge on any atom is -0.497 e. The fourth-order valence-electron chi connectivity index (χ4n) is 5.04. The van der Waals surface area contributed by atoms with Gasteiger partial charge in [-0.2, -0.15) is 5.10 Å². The van der Waals surface area contributed by atoms with E-state index in [9.17, 15) is 4.39 Å². The molecule has 4 heterocycles. The minimum absolute atomic E-state index is 0.373. The molecule has 0 aliphatic heterocycles. The lowest BCUT2D eigenvalue weighted by atomic mass is 10.0. The number of nitrogens with one attached hydrogen (secondary N) is 2. The van der Waals surface area contributed by atoms with Gasteiger partial charge in [-0.25, -0.2) is 4.39 Å². The van der Waals surface area contributed by atoms with Crippen molar-refractivity contribution in [1.82, 2.24) is 25.1 Å². The van der Waals surface area contributed by atoms with Gasteiger partial charge in [0.1, 0.15) is 29.6 Å². The zero-order chi connectivity index (χ0) is 27.8. The van der Waals surface area contributed by atoms with Crippen LogP contribution in [0, 0.1) is 5.82 Å². The number of rotatable bonds is 7. The van der Waals surface area contributed by atoms with Crippen molar-refractivity contribution in [2.75, 3.05) is 7.11 Å². The highest BCUT2D eigenvalue weighted by molar-refractivity contribution is 6.01. The third-order valence-corrected chi connectivity index (χ3v) is 7.08. The zero-order valence-corrected chi connectivity index (χ0v) is 22.1. The van der Waals surface area contributed by atoms with Crippen molar-refractivity contribution < 1.29 is 13.9 Å². The average molecular weight is 542 g/mol. The summed E-state index contributed by atoms with van der Waals surface area (Å²) in [4.78, 5) is 12.2. The summed E-state index contributed by atoms with van der Waals surface area (Å²) in [5.41, 5.74) is 7.81. The topological polar surface area (TPSA) is 88.7 Å². The highest BCUT2D eigenvalue weighted by Gasteiger charge is 2.16. The van der Waals surface area contributed by atoms with Gasteiger partial charge < -0.3 is 14.5 Å². The van der Waals surface area contributed by atoms with Gasteiger partial charge in [0.25, 0.3) is 0 Å². The molecule has 0 aliphatic rings. The number of aromatic nitrogens is 5. The molecule has 0 amide bonds. The predicted octanol–water partition coefficient (Wildman–Crippen LogP) is 7.56. The number of hydrogen-bond donors (Lipinski definition) is 2. The van der Waals surface area contributed by atoms with E-state index in [1.807, 2.05) is 60.8 Å². The van der Waals surface area contributed by atoms with E-state index < -0.39 is 0 Å². The summed E-state index contributed by atoms with van der Waals surface area (Å²) >= 11 is 0. The first kappa shape index (κ1) is 24.5. The first-order valence-corrected chi connectivity index (χ1v) is 13.1. The van der Waals surface area contributed by atoms with Crippen molar-refractivity contribution >= 4 is 21.8 Å². The van der Waals surface area contributed by atoms with Crippen LogP contribution in [-0.4, -0.2) is 32.3 Å². The Hall–Kier alpha value is -5.50. The molecule has 4 aromatic heterocycles. The normalized spacial score (nSPS) is 11.3. The Morgan fingerprint density at radius 1 is 0.732 bits per heavy atom. The standard InChI is InChI=1S/C33H24FN5O2/c1-40-25-10-22(9-24(34)13-25)29-17-36-18-32-27(29)14-31(37-32)33-28-12-21(7-8-30(28)38-39-33)23-11-26(16-35-15-23)41-19-20-5-3-2-4-6-20/h2-18,37H,19H2,1H3,(H,38,39). The summed E-state index contributed by atoms with van der Waals surface area (Å²) < 4.78 is 25.6. The maximum atomic E-state index is 14.3. The summed E-state index contributed by atoms with van der Waals surface area (Å²) in [5, 5.41) is 9.61. The minimum atomic E-state index is -0.373. The molecule has 0 aliphatic carbocycles. The van der Waals surface area contributed by atoms with Crippen molar-refractivity contribution in [3.8, 4) is 45.1 Å². The quantitative estimate of drug-likeness (QED) is 0.217. The molecule has 0 saturated heterocycles. The fourth-order valence-corrected chi connectivity index (χ4v) is 5.04. The molecule has 2 N–H and O–H groups in total. The van der Waals surface area contributed by atoms with Gasteiger partial charge >= 0.3 is 0 Å². The SMILES string of the molecule is COc1cc(F)cc(-c2cncc3[nH]c(-c4n[nH]c5ccc(-c6cncc(OCc7ccccc7)c6)cc45)cc23)c1. The number of pyridine rings is 2. The molecule has 7 rings (SSSR count). The lowest BCUT2D eigenvalue weighted by molar-refractivity contribution is 0.305. The zero-order valence-electron chi connectivity index (χ0n) is 22.1. The molecule has 7 nitrogen and oxygen atoms in total. The Morgan fingerprint density at radius 2 is 1.59 bits per heavy atom. The maximum absolute atomic E-state index is 14.3. The second-order valence-corrected chi connectivity index (χ2v) is 9.73. The molecule has 0 fully saturated rings. The van der Waals surface area contributed by atoms with E-state index in [1.54, 1.807) is 24.7 Å². The van der Waals surface area contributed by atoms with Crippen molar-refractivity contribution in [3.05, 3.63) is 115 Å². The predicted molar refractivity (Wildman–Crippen MR) is 157 cm³/mol. The molecule has 8 heteroatoms. The molecular weight excluding hydrogens is 517 g/mol. The number of hydrogen-bond acceptors (Lipinski definition) is 5. The summed E-state index contributed by atoms with van der Waals surface area (Å²) in [6.07, 6.45) is 7.03. The molecule has 41 heavy (non-hydrogen) atoms. The summed E-state index contributed by atoms with van der Waals surface area (Å²) in [6.45, 7) is 0.469. The van der Waals surface area contributed by atoms with Crippen molar-refractivity contribution in [3.63, 3.8) is 0 Å². The molecule has 0 radical (unpaired) electrons. The molecule has 0 unspecified atom stereocenters. The number of H-pyrrole nitrogens is 2. The lowest BCUT2D eigenvalue weighted by Crippen LogP contribution is -1.95. The molecule has 0 bridgehead atoms. The number of fused-ring (bicyclic) bond motifs is 2. The van der Waals surface area contributed by atoms with Crippen LogP contribution < -0.4 is 9.47 Å². The molecule has 7 aromatic rings. The number of methoxy groups -OCH3 is 1. The van der Waals surface area contributed by atoms with Crippen LogP contribution in [0.4, 0.5) is 4.39 Å². The largest absolute Gasteiger partial charge is 0.497 e. The van der Waals surface area contributed by atoms with Crippen LogP contribution >= 0.6 is 0 Å². The van der Waals surface area contributed by atoms with Gasteiger partial charge in [-0.3, -0.25) is 15.1 Å². The number of aromatic amines is 2. The van der Waals surface area contributed by atoms with Crippen LogP contribution in [0.5, 0.6) is 11.5 Å². The first-order valence-electron chi connectivity index (χ1n) is 13.1. The highest BCUT2D eigenvalue weighted by atomic mass is 19.1. The lowest BCUT2D eigenvalue weighted by Gasteiger charge is -2.08. The van der Waals surface area contributed by atoms with Crippen molar-refractivity contribution in [1.29, 1.82) is 0 Å². The smallest absolute Gasteiger partial charge is 0.138 e. The molecule has 200 valence electrons. The second kappa shape index (κ2) is 10.2. The van der Waals surface area contributed by atoms with Gasteiger partial charge in [0.2, 0.25) is 0 Å². The molecular formula is C33H24FN5O2. The number of nitrogens with zero attached hydrogens (tertiary/aromatic N) is 3. The van der Waals surface area contributed by atoms with E-state index in [1.165, 1.54) is 19.2 Å². The number of halogens is 1. The Morgan fingerprint density at radius 3 is 2.46 bits per heavy atom. The Kier molecular flexibility index (Phi) is 6.13. The van der Waals surface area contributed by atoms with E-state index in [-0.39, 0.29) is 5.82 Å². The van der Waals surface area contributed by atoms with Gasteiger partial charge in [0, 0.05) is 40.4 Å². The van der Waals surface area contributed by atoms with Crippen LogP contribution in [0.2, 0.25) is 0 Å². The van der Waals surface area contributed by atoms with Crippen LogP contribution in [0.1, 0.15) is 5.56 Å². The van der Waals surface area contributed by atoms with Crippen LogP contribution in [0.15, 0.2) is 104 Å². The van der Waals surface area contributed by atoms with E-state index in [4.69, 9.17) is 9.47 Å². The molecule has 0 saturated carbocycles. The molecule has 0 atom stereocenters. The van der Waals surface area contributed by atoms with E-state index in [0.29, 0.717) is 23.7 Å². The van der Waals surface area contributed by atoms with Gasteiger partial charge in [0.05, 0.1) is 36.2 Å². The van der Waals surface area contributed by atoms with Crippen LogP contribution in [0.25, 0.3) is 55.4 Å². The number of benzene rings is 3. The van der Waals surface area contributed by atoms with Crippen LogP contribution in [-0.2, 0) is 6.61 Å². The maximum Gasteiger partial charge on any atom is 0.138 e. The summed E-state index contributed by atoms with van der Waals surface area (Å²) in [7, 11) is 1.52. The van der Waals surface area contributed by atoms with Crippen molar-refractivity contribution in [2.24, 2.45) is 0 Å². The van der Waals surface area contributed by atoms with E-state index in [2.05, 4.69) is 31.2 Å². The molecule has 3 aromatic carbocycles. The van der Waals surface area contributed by atoms with Gasteiger partial charge in [-0.05, 0) is 53.1 Å².